The van der Waals surface area contributed by atoms with Crippen molar-refractivity contribution in [2.75, 3.05) is 51.1 Å². The van der Waals surface area contributed by atoms with Crippen LogP contribution in [0.3, 0.4) is 0 Å². The Bertz CT molecular complexity index is 653. The summed E-state index contributed by atoms with van der Waals surface area (Å²) in [7, 11) is 0. The summed E-state index contributed by atoms with van der Waals surface area (Å²) in [6, 6.07) is 7.84. The molecule has 28 heavy (non-hydrogen) atoms. The third kappa shape index (κ3) is 5.71. The Morgan fingerprint density at radius 1 is 1.04 bits per heavy atom. The summed E-state index contributed by atoms with van der Waals surface area (Å²) >= 11 is 0. The van der Waals surface area contributed by atoms with Gasteiger partial charge < -0.3 is 20.0 Å². The average molecular weight is 387 g/mol. The first-order chi connectivity index (χ1) is 13.5. The van der Waals surface area contributed by atoms with Gasteiger partial charge in [0.2, 0.25) is 5.91 Å². The fourth-order valence-electron chi connectivity index (χ4n) is 4.12. The summed E-state index contributed by atoms with van der Waals surface area (Å²) < 4.78 is 0. The van der Waals surface area contributed by atoms with Crippen LogP contribution in [0.2, 0.25) is 0 Å². The van der Waals surface area contributed by atoms with Gasteiger partial charge in [-0.1, -0.05) is 24.6 Å². The predicted molar refractivity (Wildman–Crippen MR) is 112 cm³/mol. The van der Waals surface area contributed by atoms with E-state index in [-0.39, 0.29) is 11.9 Å². The molecule has 0 bridgehead atoms. The van der Waals surface area contributed by atoms with E-state index in [1.54, 1.807) is 0 Å². The molecule has 2 aliphatic rings. The van der Waals surface area contributed by atoms with Crippen molar-refractivity contribution in [1.82, 2.24) is 14.7 Å². The Morgan fingerprint density at radius 3 is 2.43 bits per heavy atom. The normalized spacial score (nSPS) is 20.9. The van der Waals surface area contributed by atoms with Gasteiger partial charge in [-0.25, -0.2) is 4.79 Å². The van der Waals surface area contributed by atoms with Gasteiger partial charge in [0.25, 0.3) is 0 Å². The maximum Gasteiger partial charge on any atom is 0.321 e. The molecule has 154 valence electrons. The fourth-order valence-corrected chi connectivity index (χ4v) is 4.12. The van der Waals surface area contributed by atoms with E-state index in [9.17, 15) is 9.59 Å². The number of carbonyl (C=O) groups excluding carboxylic acids is 2. The quantitative estimate of drug-likeness (QED) is 0.846. The molecule has 1 atom stereocenters. The van der Waals surface area contributed by atoms with Crippen LogP contribution in [0.1, 0.15) is 38.2 Å². The number of urea groups is 1. The van der Waals surface area contributed by atoms with E-state index in [2.05, 4.69) is 17.1 Å². The minimum Gasteiger partial charge on any atom is -0.340 e. The molecule has 0 radical (unpaired) electrons. The lowest BCUT2D eigenvalue weighted by atomic mass is 9.93. The monoisotopic (exact) mass is 386 g/mol. The molecule has 1 aromatic carbocycles. The Balaban J connectivity index is 1.42. The number of piperazine rings is 1. The molecule has 0 aromatic heterocycles. The molecule has 2 fully saturated rings. The van der Waals surface area contributed by atoms with Gasteiger partial charge in [0.05, 0.1) is 0 Å². The van der Waals surface area contributed by atoms with E-state index >= 15 is 0 Å². The van der Waals surface area contributed by atoms with Gasteiger partial charge in [0, 0.05) is 51.4 Å². The van der Waals surface area contributed by atoms with E-state index in [0.29, 0.717) is 12.3 Å². The highest BCUT2D eigenvalue weighted by Crippen LogP contribution is 2.22. The number of nitrogens with zero attached hydrogens (tertiary/aromatic N) is 3. The summed E-state index contributed by atoms with van der Waals surface area (Å²) in [5.41, 5.74) is 2.01. The highest BCUT2D eigenvalue weighted by atomic mass is 16.2. The van der Waals surface area contributed by atoms with Crippen LogP contribution in [0.15, 0.2) is 24.3 Å². The number of hydrogen-bond donors (Lipinski definition) is 1. The van der Waals surface area contributed by atoms with Crippen molar-refractivity contribution in [2.45, 2.75) is 39.5 Å². The zero-order chi connectivity index (χ0) is 19.9. The first-order valence-corrected chi connectivity index (χ1v) is 10.7. The number of likely N-dealkylation sites (tertiary alicyclic amines) is 1. The summed E-state index contributed by atoms with van der Waals surface area (Å²) in [6.45, 7) is 10.5. The molecule has 3 amide bonds. The van der Waals surface area contributed by atoms with E-state index in [1.165, 1.54) is 5.56 Å². The molecule has 1 N–H and O–H groups in total. The van der Waals surface area contributed by atoms with Crippen molar-refractivity contribution >= 4 is 17.6 Å². The van der Waals surface area contributed by atoms with Crippen LogP contribution in [0.5, 0.6) is 0 Å². The number of amides is 3. The zero-order valence-electron chi connectivity index (χ0n) is 17.3. The smallest absolute Gasteiger partial charge is 0.321 e. The summed E-state index contributed by atoms with van der Waals surface area (Å²) in [5.74, 6) is 0.690. The molecule has 2 saturated heterocycles. The maximum absolute atomic E-state index is 12.6. The number of anilines is 1. The van der Waals surface area contributed by atoms with Crippen LogP contribution in [0.4, 0.5) is 10.5 Å². The van der Waals surface area contributed by atoms with Gasteiger partial charge in [-0.2, -0.15) is 0 Å². The molecule has 0 aliphatic carbocycles. The number of likely N-dealkylation sites (N-methyl/N-ethyl adjacent to an activating group) is 1. The third-order valence-electron chi connectivity index (χ3n) is 6.05. The molecule has 0 unspecified atom stereocenters. The van der Waals surface area contributed by atoms with Gasteiger partial charge >= 0.3 is 6.03 Å². The van der Waals surface area contributed by atoms with Crippen LogP contribution in [0.25, 0.3) is 0 Å². The van der Waals surface area contributed by atoms with E-state index in [0.717, 1.165) is 70.8 Å². The Morgan fingerprint density at radius 2 is 1.75 bits per heavy atom. The first kappa shape index (κ1) is 20.6. The molecular formula is C22H34N4O2. The number of piperidine rings is 1. The van der Waals surface area contributed by atoms with Crippen molar-refractivity contribution in [1.29, 1.82) is 0 Å². The number of benzene rings is 1. The topological polar surface area (TPSA) is 55.9 Å². The second-order valence-electron chi connectivity index (χ2n) is 8.10. The molecule has 0 spiro atoms. The highest BCUT2D eigenvalue weighted by molar-refractivity contribution is 5.89. The predicted octanol–water partition coefficient (Wildman–Crippen LogP) is 3.18. The molecular weight excluding hydrogens is 352 g/mol. The molecule has 2 aliphatic heterocycles. The number of nitrogens with one attached hydrogen (secondary N) is 1. The lowest BCUT2D eigenvalue weighted by molar-refractivity contribution is -0.133. The van der Waals surface area contributed by atoms with Gasteiger partial charge in [0.15, 0.2) is 0 Å². The van der Waals surface area contributed by atoms with Crippen LogP contribution in [-0.2, 0) is 4.79 Å². The number of aryl methyl sites for hydroxylation is 1. The molecule has 6 nitrogen and oxygen atoms in total. The minimum absolute atomic E-state index is 0.0319. The largest absolute Gasteiger partial charge is 0.340 e. The van der Waals surface area contributed by atoms with Gasteiger partial charge in [0.1, 0.15) is 0 Å². The van der Waals surface area contributed by atoms with Crippen molar-refractivity contribution in [2.24, 2.45) is 5.92 Å². The molecule has 6 heteroatoms. The lowest BCUT2D eigenvalue weighted by Crippen LogP contribution is -2.48. The van der Waals surface area contributed by atoms with Crippen molar-refractivity contribution in [3.8, 4) is 0 Å². The second-order valence-corrected chi connectivity index (χ2v) is 8.10. The fraction of sp³-hybridized carbons (Fsp3) is 0.636. The second kappa shape index (κ2) is 9.92. The van der Waals surface area contributed by atoms with Crippen LogP contribution < -0.4 is 5.32 Å². The SMILES string of the molecule is CCN1CCN(C(=O)CC[C@H]2CCCN(C(=O)Nc3ccc(C)cc3)C2)CC1. The van der Waals surface area contributed by atoms with Crippen molar-refractivity contribution < 1.29 is 9.59 Å². The van der Waals surface area contributed by atoms with Crippen molar-refractivity contribution in [3.05, 3.63) is 29.8 Å². The number of rotatable bonds is 5. The molecule has 0 saturated carbocycles. The van der Waals surface area contributed by atoms with Crippen LogP contribution in [-0.4, -0.2) is 72.5 Å². The van der Waals surface area contributed by atoms with Crippen LogP contribution >= 0.6 is 0 Å². The number of hydrogen-bond acceptors (Lipinski definition) is 3. The third-order valence-corrected chi connectivity index (χ3v) is 6.05. The van der Waals surface area contributed by atoms with Crippen molar-refractivity contribution in [3.63, 3.8) is 0 Å². The molecule has 1 aromatic rings. The lowest BCUT2D eigenvalue weighted by Gasteiger charge is -2.35. The summed E-state index contributed by atoms with van der Waals surface area (Å²) in [4.78, 5) is 31.4. The first-order valence-electron chi connectivity index (χ1n) is 10.7. The Labute approximate surface area is 168 Å². The standard InChI is InChI=1S/C22H34N4O2/c1-3-24-13-15-25(16-14-24)21(27)11-8-19-5-4-12-26(17-19)22(28)23-20-9-6-18(2)7-10-20/h6-7,9-10,19H,3-5,8,11-17H2,1-2H3,(H,23,28)/t19-/m1/s1. The van der Waals surface area contributed by atoms with Gasteiger partial charge in [-0.05, 0) is 50.8 Å². The highest BCUT2D eigenvalue weighted by Gasteiger charge is 2.26. The summed E-state index contributed by atoms with van der Waals surface area (Å²) in [6.07, 6.45) is 3.59. The van der Waals surface area contributed by atoms with Gasteiger partial charge in [-0.15, -0.1) is 0 Å². The van der Waals surface area contributed by atoms with E-state index in [4.69, 9.17) is 0 Å². The minimum atomic E-state index is -0.0319. The zero-order valence-corrected chi connectivity index (χ0v) is 17.3. The molecule has 2 heterocycles. The van der Waals surface area contributed by atoms with E-state index in [1.807, 2.05) is 41.0 Å². The average Bonchev–Trinajstić information content (AvgIpc) is 2.74. The number of carbonyl (C=O) groups is 2. The summed E-state index contributed by atoms with van der Waals surface area (Å²) in [5, 5.41) is 2.99. The molecule has 3 rings (SSSR count). The Kier molecular flexibility index (Phi) is 7.31. The van der Waals surface area contributed by atoms with E-state index < -0.39 is 0 Å². The Hall–Kier alpha value is -2.08. The van der Waals surface area contributed by atoms with Crippen LogP contribution in [0, 0.1) is 12.8 Å². The van der Waals surface area contributed by atoms with Gasteiger partial charge in [-0.3, -0.25) is 4.79 Å². The maximum atomic E-state index is 12.6.